The molecule has 0 radical (unpaired) electrons. The second kappa shape index (κ2) is 4.31. The fraction of sp³-hybridized carbons (Fsp3) is 0.222. The number of aromatic nitrogens is 2. The number of halogens is 1. The van der Waals surface area contributed by atoms with Crippen LogP contribution in [0.1, 0.15) is 0 Å². The summed E-state index contributed by atoms with van der Waals surface area (Å²) in [6, 6.07) is 5.25. The SMILES string of the molecule is O=S(=O)(CCCl)Nc1cccc2[nH]ncc12. The summed E-state index contributed by atoms with van der Waals surface area (Å²) >= 11 is 5.41. The molecule has 0 atom stereocenters. The van der Waals surface area contributed by atoms with Crippen LogP contribution in [0.25, 0.3) is 10.9 Å². The zero-order chi connectivity index (χ0) is 11.6. The summed E-state index contributed by atoms with van der Waals surface area (Å²) in [6.45, 7) is 0. The molecule has 2 rings (SSSR count). The highest BCUT2D eigenvalue weighted by atomic mass is 35.5. The number of hydrogen-bond acceptors (Lipinski definition) is 3. The van der Waals surface area contributed by atoms with Gasteiger partial charge in [0.05, 0.1) is 23.2 Å². The molecule has 7 heteroatoms. The second-order valence-electron chi connectivity index (χ2n) is 3.25. The minimum absolute atomic E-state index is 0.0662. The van der Waals surface area contributed by atoms with Gasteiger partial charge in [0.1, 0.15) is 0 Å². The summed E-state index contributed by atoms with van der Waals surface area (Å²) in [7, 11) is -3.38. The largest absolute Gasteiger partial charge is 0.283 e. The van der Waals surface area contributed by atoms with Crippen LogP contribution in [0.15, 0.2) is 24.4 Å². The molecular formula is C9H10ClN3O2S. The first-order chi connectivity index (χ1) is 7.62. The van der Waals surface area contributed by atoms with E-state index in [1.54, 1.807) is 18.3 Å². The first-order valence-corrected chi connectivity index (χ1v) is 6.79. The van der Waals surface area contributed by atoms with Gasteiger partial charge in [-0.3, -0.25) is 9.82 Å². The molecule has 0 saturated carbocycles. The summed E-state index contributed by atoms with van der Waals surface area (Å²) < 4.78 is 25.6. The normalized spacial score (nSPS) is 11.8. The van der Waals surface area contributed by atoms with Gasteiger partial charge in [-0.1, -0.05) is 6.07 Å². The highest BCUT2D eigenvalue weighted by Crippen LogP contribution is 2.21. The van der Waals surface area contributed by atoms with Crippen LogP contribution in [0.5, 0.6) is 0 Å². The molecule has 0 amide bonds. The smallest absolute Gasteiger partial charge is 0.233 e. The lowest BCUT2D eigenvalue weighted by molar-refractivity contribution is 0.602. The van der Waals surface area contributed by atoms with E-state index in [0.717, 1.165) is 10.9 Å². The number of aromatic amines is 1. The van der Waals surface area contributed by atoms with Gasteiger partial charge in [-0.15, -0.1) is 11.6 Å². The van der Waals surface area contributed by atoms with Crippen LogP contribution in [0.3, 0.4) is 0 Å². The Morgan fingerprint density at radius 2 is 2.25 bits per heavy atom. The van der Waals surface area contributed by atoms with Gasteiger partial charge >= 0.3 is 0 Å². The lowest BCUT2D eigenvalue weighted by atomic mass is 10.2. The van der Waals surface area contributed by atoms with Crippen molar-refractivity contribution in [3.05, 3.63) is 24.4 Å². The van der Waals surface area contributed by atoms with E-state index in [9.17, 15) is 8.42 Å². The highest BCUT2D eigenvalue weighted by molar-refractivity contribution is 7.92. The van der Waals surface area contributed by atoms with Gasteiger partial charge in [0, 0.05) is 11.3 Å². The number of sulfonamides is 1. The van der Waals surface area contributed by atoms with Gasteiger partial charge in [-0.05, 0) is 12.1 Å². The van der Waals surface area contributed by atoms with E-state index in [2.05, 4.69) is 14.9 Å². The van der Waals surface area contributed by atoms with Gasteiger partial charge in [-0.2, -0.15) is 5.10 Å². The third kappa shape index (κ3) is 2.28. The number of hydrogen-bond donors (Lipinski definition) is 2. The zero-order valence-corrected chi connectivity index (χ0v) is 9.85. The molecule has 0 aliphatic heterocycles. The van der Waals surface area contributed by atoms with Crippen LogP contribution in [0.4, 0.5) is 5.69 Å². The Bertz CT molecular complexity index is 594. The fourth-order valence-corrected chi connectivity index (χ4v) is 2.80. The van der Waals surface area contributed by atoms with Gasteiger partial charge < -0.3 is 0 Å². The number of fused-ring (bicyclic) bond motifs is 1. The third-order valence-electron chi connectivity index (χ3n) is 2.10. The average Bonchev–Trinajstić information content (AvgIpc) is 2.65. The molecule has 2 N–H and O–H groups in total. The summed E-state index contributed by atoms with van der Waals surface area (Å²) in [5.74, 6) is -0.0422. The molecule has 0 unspecified atom stereocenters. The third-order valence-corrected chi connectivity index (χ3v) is 3.78. The van der Waals surface area contributed by atoms with Crippen molar-refractivity contribution in [1.82, 2.24) is 10.2 Å². The number of rotatable bonds is 4. The highest BCUT2D eigenvalue weighted by Gasteiger charge is 2.11. The lowest BCUT2D eigenvalue weighted by Gasteiger charge is -2.07. The maximum atomic E-state index is 11.5. The van der Waals surface area contributed by atoms with Gasteiger partial charge in [-0.25, -0.2) is 8.42 Å². The topological polar surface area (TPSA) is 74.8 Å². The number of H-pyrrole nitrogens is 1. The average molecular weight is 260 g/mol. The van der Waals surface area contributed by atoms with E-state index in [-0.39, 0.29) is 11.6 Å². The second-order valence-corrected chi connectivity index (χ2v) is 5.47. The molecule has 86 valence electrons. The molecule has 1 aromatic heterocycles. The monoisotopic (exact) mass is 259 g/mol. The van der Waals surface area contributed by atoms with Crippen LogP contribution in [-0.2, 0) is 10.0 Å². The zero-order valence-electron chi connectivity index (χ0n) is 8.27. The van der Waals surface area contributed by atoms with Crippen LogP contribution in [0.2, 0.25) is 0 Å². The van der Waals surface area contributed by atoms with Crippen molar-refractivity contribution >= 4 is 38.2 Å². The Hall–Kier alpha value is -1.27. The molecule has 2 aromatic rings. The molecule has 0 aliphatic rings. The molecular weight excluding hydrogens is 250 g/mol. The summed E-state index contributed by atoms with van der Waals surface area (Å²) in [6.07, 6.45) is 1.58. The summed E-state index contributed by atoms with van der Waals surface area (Å²) in [5.41, 5.74) is 1.29. The van der Waals surface area contributed by atoms with Gasteiger partial charge in [0.25, 0.3) is 0 Å². The Labute approximate surface area is 97.9 Å². The minimum atomic E-state index is -3.38. The number of nitrogens with one attached hydrogen (secondary N) is 2. The Morgan fingerprint density at radius 1 is 1.44 bits per heavy atom. The Morgan fingerprint density at radius 3 is 3.00 bits per heavy atom. The van der Waals surface area contributed by atoms with E-state index in [0.29, 0.717) is 5.69 Å². The van der Waals surface area contributed by atoms with Gasteiger partial charge in [0.15, 0.2) is 0 Å². The Kier molecular flexibility index (Phi) is 3.02. The van der Waals surface area contributed by atoms with E-state index < -0.39 is 10.0 Å². The molecule has 16 heavy (non-hydrogen) atoms. The predicted molar refractivity (Wildman–Crippen MR) is 64.2 cm³/mol. The maximum absolute atomic E-state index is 11.5. The fourth-order valence-electron chi connectivity index (χ4n) is 1.38. The van der Waals surface area contributed by atoms with Crippen molar-refractivity contribution in [2.45, 2.75) is 0 Å². The van der Waals surface area contributed by atoms with Crippen molar-refractivity contribution < 1.29 is 8.42 Å². The quantitative estimate of drug-likeness (QED) is 0.818. The maximum Gasteiger partial charge on any atom is 0.233 e. The number of benzene rings is 1. The van der Waals surface area contributed by atoms with Crippen molar-refractivity contribution in [3.63, 3.8) is 0 Å². The predicted octanol–water partition coefficient (Wildman–Crippen LogP) is 1.54. The molecule has 0 fully saturated rings. The first-order valence-electron chi connectivity index (χ1n) is 4.61. The van der Waals surface area contributed by atoms with E-state index in [1.165, 1.54) is 0 Å². The van der Waals surface area contributed by atoms with Crippen molar-refractivity contribution in [1.29, 1.82) is 0 Å². The van der Waals surface area contributed by atoms with E-state index >= 15 is 0 Å². The summed E-state index contributed by atoms with van der Waals surface area (Å²) in [5, 5.41) is 7.36. The molecule has 1 heterocycles. The molecule has 0 bridgehead atoms. The molecule has 0 spiro atoms. The summed E-state index contributed by atoms with van der Waals surface area (Å²) in [4.78, 5) is 0. The molecule has 0 saturated heterocycles. The van der Waals surface area contributed by atoms with Crippen LogP contribution < -0.4 is 4.72 Å². The standard InChI is InChI=1S/C9H10ClN3O2S/c10-4-5-16(14,15)13-9-3-1-2-8-7(9)6-11-12-8/h1-3,6,13H,4-5H2,(H,11,12). The number of nitrogens with zero attached hydrogens (tertiary/aromatic N) is 1. The van der Waals surface area contributed by atoms with Crippen molar-refractivity contribution in [2.75, 3.05) is 16.4 Å². The molecule has 0 aliphatic carbocycles. The molecule has 1 aromatic carbocycles. The lowest BCUT2D eigenvalue weighted by Crippen LogP contribution is -2.17. The van der Waals surface area contributed by atoms with E-state index in [1.807, 2.05) is 6.07 Å². The van der Waals surface area contributed by atoms with Gasteiger partial charge in [0.2, 0.25) is 10.0 Å². The van der Waals surface area contributed by atoms with Crippen LogP contribution in [-0.4, -0.2) is 30.2 Å². The van der Waals surface area contributed by atoms with E-state index in [4.69, 9.17) is 11.6 Å². The van der Waals surface area contributed by atoms with Crippen molar-refractivity contribution in [2.24, 2.45) is 0 Å². The van der Waals surface area contributed by atoms with Crippen LogP contribution >= 0.6 is 11.6 Å². The number of anilines is 1. The molecule has 5 nitrogen and oxygen atoms in total. The van der Waals surface area contributed by atoms with Crippen molar-refractivity contribution in [3.8, 4) is 0 Å². The minimum Gasteiger partial charge on any atom is -0.283 e. The Balaban J connectivity index is 2.38. The van der Waals surface area contributed by atoms with Crippen LogP contribution in [0, 0.1) is 0 Å². The first kappa shape index (κ1) is 11.2. The number of alkyl halides is 1.